The summed E-state index contributed by atoms with van der Waals surface area (Å²) in [5.41, 5.74) is 4.76. The van der Waals surface area contributed by atoms with Crippen molar-refractivity contribution < 1.29 is 14.4 Å². The normalized spacial score (nSPS) is 20.1. The molecular formula is C28H28N10O3. The summed E-state index contributed by atoms with van der Waals surface area (Å²) < 4.78 is 1.92. The molecule has 3 aliphatic rings. The van der Waals surface area contributed by atoms with Gasteiger partial charge in [0.05, 0.1) is 29.3 Å². The van der Waals surface area contributed by atoms with Crippen molar-refractivity contribution in [2.75, 3.05) is 29.1 Å². The van der Waals surface area contributed by atoms with Crippen molar-refractivity contribution in [3.8, 4) is 0 Å². The van der Waals surface area contributed by atoms with E-state index in [0.717, 1.165) is 46.8 Å². The van der Waals surface area contributed by atoms with E-state index in [2.05, 4.69) is 30.6 Å². The smallest absolute Gasteiger partial charge is 0.331 e. The minimum atomic E-state index is -0.354. The van der Waals surface area contributed by atoms with Gasteiger partial charge in [0, 0.05) is 49.7 Å². The number of anilines is 3. The fourth-order valence-corrected chi connectivity index (χ4v) is 5.26. The van der Waals surface area contributed by atoms with Crippen LogP contribution in [0.25, 0.3) is 5.65 Å². The molecule has 4 aromatic rings. The molecule has 41 heavy (non-hydrogen) atoms. The summed E-state index contributed by atoms with van der Waals surface area (Å²) in [6.07, 6.45) is 11.7. The lowest BCUT2D eigenvalue weighted by Gasteiger charge is -2.17. The Balaban J connectivity index is 1.05. The Labute approximate surface area is 235 Å². The second kappa shape index (κ2) is 9.61. The number of likely N-dealkylation sites (N-methyl/N-ethyl adjacent to an activating group) is 1. The fourth-order valence-electron chi connectivity index (χ4n) is 5.26. The van der Waals surface area contributed by atoms with Crippen LogP contribution in [0.15, 0.2) is 43.2 Å². The van der Waals surface area contributed by atoms with Crippen LogP contribution in [0.4, 0.5) is 22.1 Å². The molecular weight excluding hydrogens is 524 g/mol. The molecule has 0 unspecified atom stereocenters. The summed E-state index contributed by atoms with van der Waals surface area (Å²) in [5, 5.41) is 6.13. The van der Waals surface area contributed by atoms with Gasteiger partial charge in [-0.15, -0.1) is 0 Å². The van der Waals surface area contributed by atoms with Crippen molar-refractivity contribution in [1.82, 2.24) is 34.2 Å². The van der Waals surface area contributed by atoms with Gasteiger partial charge in [-0.05, 0) is 43.7 Å². The molecule has 5 heterocycles. The van der Waals surface area contributed by atoms with E-state index in [1.807, 2.05) is 29.8 Å². The summed E-state index contributed by atoms with van der Waals surface area (Å²) in [4.78, 5) is 62.3. The van der Waals surface area contributed by atoms with Gasteiger partial charge in [-0.1, -0.05) is 0 Å². The minimum absolute atomic E-state index is 0.00498. The molecule has 4 amide bonds. The lowest BCUT2D eigenvalue weighted by molar-refractivity contribution is -0.124. The third-order valence-corrected chi connectivity index (χ3v) is 7.78. The summed E-state index contributed by atoms with van der Waals surface area (Å²) in [6, 6.07) is 3.31. The van der Waals surface area contributed by atoms with Gasteiger partial charge in [-0.25, -0.2) is 19.7 Å². The zero-order valence-corrected chi connectivity index (χ0v) is 22.6. The molecule has 2 atom stereocenters. The molecule has 1 saturated heterocycles. The highest BCUT2D eigenvalue weighted by Gasteiger charge is 2.45. The van der Waals surface area contributed by atoms with Crippen LogP contribution in [0, 0.1) is 12.8 Å². The van der Waals surface area contributed by atoms with Gasteiger partial charge in [0.15, 0.2) is 5.65 Å². The van der Waals surface area contributed by atoms with E-state index in [4.69, 9.17) is 4.98 Å². The number of nitrogens with one attached hydrogen (secondary N) is 2. The van der Waals surface area contributed by atoms with Gasteiger partial charge in [-0.2, -0.15) is 0 Å². The molecule has 0 aromatic carbocycles. The number of amides is 4. The third kappa shape index (κ3) is 4.83. The van der Waals surface area contributed by atoms with Gasteiger partial charge in [0.25, 0.3) is 0 Å². The lowest BCUT2D eigenvalue weighted by atomic mass is 10.1. The quantitative estimate of drug-likeness (QED) is 0.315. The van der Waals surface area contributed by atoms with Crippen LogP contribution in [0.3, 0.4) is 0 Å². The van der Waals surface area contributed by atoms with Crippen LogP contribution in [-0.2, 0) is 16.1 Å². The van der Waals surface area contributed by atoms with E-state index in [9.17, 15) is 14.4 Å². The molecule has 2 aliphatic carbocycles. The van der Waals surface area contributed by atoms with E-state index in [1.54, 1.807) is 18.5 Å². The second-order valence-electron chi connectivity index (χ2n) is 10.9. The van der Waals surface area contributed by atoms with E-state index >= 15 is 0 Å². The maximum Gasteiger partial charge on any atom is 0.331 e. The van der Waals surface area contributed by atoms with Crippen molar-refractivity contribution in [3.05, 3.63) is 65.9 Å². The first-order valence-corrected chi connectivity index (χ1v) is 13.6. The Morgan fingerprint density at radius 3 is 2.66 bits per heavy atom. The van der Waals surface area contributed by atoms with E-state index in [-0.39, 0.29) is 36.2 Å². The Morgan fingerprint density at radius 2 is 1.90 bits per heavy atom. The monoisotopic (exact) mass is 552 g/mol. The third-order valence-electron chi connectivity index (χ3n) is 7.78. The Bertz CT molecular complexity index is 1710. The molecule has 208 valence electrons. The number of hydrogen-bond donors (Lipinski definition) is 2. The SMILES string of the molecule is Cc1cncc([C@H]2C[C@@H]2C(=O)Nc2cc(NCc3cn4cc(C5CC5)cc(N5CC(=O)N(C)C5=O)c4n3)ncn2)n1. The molecule has 2 saturated carbocycles. The van der Waals surface area contributed by atoms with Crippen LogP contribution in [0.1, 0.15) is 53.7 Å². The highest BCUT2D eigenvalue weighted by atomic mass is 16.2. The summed E-state index contributed by atoms with van der Waals surface area (Å²) in [6.45, 7) is 2.23. The van der Waals surface area contributed by atoms with Crippen LogP contribution >= 0.6 is 0 Å². The molecule has 0 bridgehead atoms. The number of rotatable bonds is 8. The van der Waals surface area contributed by atoms with Crippen molar-refractivity contribution >= 4 is 40.8 Å². The highest BCUT2D eigenvalue weighted by molar-refractivity contribution is 6.13. The zero-order valence-electron chi connectivity index (χ0n) is 22.6. The molecule has 7 rings (SSSR count). The second-order valence-corrected chi connectivity index (χ2v) is 10.9. The van der Waals surface area contributed by atoms with Gasteiger partial charge in [-0.3, -0.25) is 29.4 Å². The van der Waals surface area contributed by atoms with Crippen molar-refractivity contribution in [2.24, 2.45) is 5.92 Å². The summed E-state index contributed by atoms with van der Waals surface area (Å²) >= 11 is 0. The van der Waals surface area contributed by atoms with Crippen LogP contribution in [0.2, 0.25) is 0 Å². The highest BCUT2D eigenvalue weighted by Crippen LogP contribution is 2.47. The predicted octanol–water partition coefficient (Wildman–Crippen LogP) is 2.85. The predicted molar refractivity (Wildman–Crippen MR) is 148 cm³/mol. The molecule has 1 aliphatic heterocycles. The number of hydrogen-bond acceptors (Lipinski definition) is 9. The number of aryl methyl sites for hydroxylation is 1. The average molecular weight is 553 g/mol. The standard InChI is InChI=1S/C28H28N10O3/c1-15-8-29-10-21(33-15)19-6-20(19)27(40)35-24-7-23(31-14-32-24)30-9-18-12-37-11-17(16-3-4-16)5-22(26(37)34-18)38-13-25(39)36(2)28(38)41/h5,7-8,10-12,14,16,19-20H,3-4,6,9,13H2,1-2H3,(H2,30,31,32,35,40)/t19-,20-/m0/s1. The number of urea groups is 1. The first-order valence-electron chi connectivity index (χ1n) is 13.6. The van der Waals surface area contributed by atoms with Gasteiger partial charge in [0.1, 0.15) is 24.5 Å². The largest absolute Gasteiger partial charge is 0.364 e. The van der Waals surface area contributed by atoms with Gasteiger partial charge in [0.2, 0.25) is 11.8 Å². The zero-order chi connectivity index (χ0) is 28.2. The number of imide groups is 1. The Hall–Kier alpha value is -4.94. The average Bonchev–Trinajstić information content (AvgIpc) is 3.89. The molecule has 3 fully saturated rings. The fraction of sp³-hybridized carbons (Fsp3) is 0.357. The molecule has 13 heteroatoms. The molecule has 0 spiro atoms. The first-order chi connectivity index (χ1) is 19.8. The number of carbonyl (C=O) groups excluding carboxylic acids is 3. The number of carbonyl (C=O) groups is 3. The van der Waals surface area contributed by atoms with Crippen molar-refractivity contribution in [1.29, 1.82) is 0 Å². The van der Waals surface area contributed by atoms with E-state index < -0.39 is 0 Å². The van der Waals surface area contributed by atoms with Crippen LogP contribution in [-0.4, -0.2) is 65.7 Å². The molecule has 13 nitrogen and oxygen atoms in total. The number of nitrogens with zero attached hydrogens (tertiary/aromatic N) is 8. The molecule has 2 N–H and O–H groups in total. The Kier molecular flexibility index (Phi) is 5.87. The first kappa shape index (κ1) is 25.1. The number of pyridine rings is 1. The summed E-state index contributed by atoms with van der Waals surface area (Å²) in [5.74, 6) is 0.943. The number of fused-ring (bicyclic) bond motifs is 1. The lowest BCUT2D eigenvalue weighted by Crippen LogP contribution is -2.30. The van der Waals surface area contributed by atoms with Crippen molar-refractivity contribution in [2.45, 2.75) is 44.6 Å². The van der Waals surface area contributed by atoms with E-state index in [1.165, 1.54) is 18.3 Å². The van der Waals surface area contributed by atoms with E-state index in [0.29, 0.717) is 35.4 Å². The molecule has 4 aromatic heterocycles. The maximum atomic E-state index is 12.8. The number of imidazole rings is 1. The van der Waals surface area contributed by atoms with Gasteiger partial charge < -0.3 is 15.0 Å². The number of aromatic nitrogens is 6. The van der Waals surface area contributed by atoms with Crippen molar-refractivity contribution in [3.63, 3.8) is 0 Å². The Morgan fingerprint density at radius 1 is 1.07 bits per heavy atom. The van der Waals surface area contributed by atoms with Crippen LogP contribution < -0.4 is 15.5 Å². The van der Waals surface area contributed by atoms with Crippen LogP contribution in [0.5, 0.6) is 0 Å². The minimum Gasteiger partial charge on any atom is -0.364 e. The van der Waals surface area contributed by atoms with Gasteiger partial charge >= 0.3 is 6.03 Å². The summed E-state index contributed by atoms with van der Waals surface area (Å²) in [7, 11) is 1.49. The molecule has 0 radical (unpaired) electrons. The maximum absolute atomic E-state index is 12.8. The topological polar surface area (TPSA) is 151 Å².